The molecule has 2 atom stereocenters. The summed E-state index contributed by atoms with van der Waals surface area (Å²) in [7, 11) is 0. The number of likely N-dealkylation sites (tertiary alicyclic amines) is 1. The van der Waals surface area contributed by atoms with Crippen LogP contribution in [0.3, 0.4) is 0 Å². The number of hydrogen-bond acceptors (Lipinski definition) is 7. The second-order valence-corrected chi connectivity index (χ2v) is 13.5. The average Bonchev–Trinajstić information content (AvgIpc) is 3.55. The Morgan fingerprint density at radius 1 is 1.11 bits per heavy atom. The van der Waals surface area contributed by atoms with Crippen LogP contribution >= 0.6 is 11.6 Å². The molecule has 4 amide bonds. The second kappa shape index (κ2) is 13.8. The molecule has 0 bridgehead atoms. The predicted molar refractivity (Wildman–Crippen MR) is 160 cm³/mol. The van der Waals surface area contributed by atoms with Gasteiger partial charge in [0.25, 0.3) is 5.92 Å². The summed E-state index contributed by atoms with van der Waals surface area (Å²) in [4.78, 5) is 58.0. The molecule has 0 spiro atoms. The zero-order valence-electron chi connectivity index (χ0n) is 26.2. The summed E-state index contributed by atoms with van der Waals surface area (Å²) in [5, 5.41) is 14.8. The zero-order chi connectivity index (χ0) is 33.9. The summed E-state index contributed by atoms with van der Waals surface area (Å²) in [6, 6.07) is 3.71. The number of hydrogen-bond donors (Lipinski definition) is 3. The normalized spacial score (nSPS) is 24.8. The van der Waals surface area contributed by atoms with E-state index in [0.29, 0.717) is 32.8 Å². The number of alkyl halides is 2. The Bertz CT molecular complexity index is 1330. The summed E-state index contributed by atoms with van der Waals surface area (Å²) in [5.41, 5.74) is -4.96. The van der Waals surface area contributed by atoms with Crippen LogP contribution in [0.1, 0.15) is 52.0 Å². The van der Waals surface area contributed by atoms with Gasteiger partial charge < -0.3 is 35.0 Å². The van der Waals surface area contributed by atoms with Crippen LogP contribution in [0.25, 0.3) is 0 Å². The molecule has 1 aromatic carbocycles. The lowest BCUT2D eigenvalue weighted by Crippen LogP contribution is -2.68. The molecule has 0 radical (unpaired) electrons. The highest BCUT2D eigenvalue weighted by Crippen LogP contribution is 2.45. The van der Waals surface area contributed by atoms with Crippen molar-refractivity contribution in [3.05, 3.63) is 34.6 Å². The molecule has 46 heavy (non-hydrogen) atoms. The molecule has 3 N–H and O–H groups in total. The molecule has 16 heteroatoms. The van der Waals surface area contributed by atoms with Crippen molar-refractivity contribution in [1.29, 1.82) is 0 Å². The van der Waals surface area contributed by atoms with Crippen molar-refractivity contribution in [3.63, 3.8) is 0 Å². The van der Waals surface area contributed by atoms with Gasteiger partial charge in [-0.15, -0.1) is 0 Å². The lowest BCUT2D eigenvalue weighted by molar-refractivity contribution is -0.154. The number of carbonyl (C=O) groups is 4. The quantitative estimate of drug-likeness (QED) is 0.362. The topological polar surface area (TPSA) is 141 Å². The van der Waals surface area contributed by atoms with Gasteiger partial charge in [0.2, 0.25) is 11.8 Å². The van der Waals surface area contributed by atoms with Gasteiger partial charge in [0.1, 0.15) is 22.5 Å². The minimum atomic E-state index is -3.35. The first-order valence-corrected chi connectivity index (χ1v) is 15.5. The zero-order valence-corrected chi connectivity index (χ0v) is 26.9. The molecule has 2 heterocycles. The van der Waals surface area contributed by atoms with Gasteiger partial charge in [0.15, 0.2) is 0 Å². The first kappa shape index (κ1) is 35.6. The van der Waals surface area contributed by atoms with Gasteiger partial charge in [0, 0.05) is 52.1 Å². The summed E-state index contributed by atoms with van der Waals surface area (Å²) < 4.78 is 55.1. The Morgan fingerprint density at radius 2 is 1.80 bits per heavy atom. The van der Waals surface area contributed by atoms with Crippen LogP contribution < -0.4 is 10.6 Å². The lowest BCUT2D eigenvalue weighted by atomic mass is 9.87. The largest absolute Gasteiger partial charge is 0.465 e. The molecule has 256 valence electrons. The molecule has 1 unspecified atom stereocenters. The van der Waals surface area contributed by atoms with Crippen molar-refractivity contribution in [3.8, 4) is 0 Å². The smallest absolute Gasteiger partial charge is 0.408 e. The molecule has 1 aliphatic carbocycles. The van der Waals surface area contributed by atoms with Crippen LogP contribution in [0.5, 0.6) is 0 Å². The molecule has 2 saturated heterocycles. The molecule has 2 aliphatic heterocycles. The number of halogens is 4. The summed E-state index contributed by atoms with van der Waals surface area (Å²) in [6.45, 7) is 6.56. The van der Waals surface area contributed by atoms with Gasteiger partial charge in [0.05, 0.1) is 24.8 Å². The predicted octanol–water partition coefficient (Wildman–Crippen LogP) is 3.46. The van der Waals surface area contributed by atoms with E-state index in [1.807, 2.05) is 0 Å². The number of rotatable bonds is 9. The first-order chi connectivity index (χ1) is 21.5. The van der Waals surface area contributed by atoms with E-state index in [2.05, 4.69) is 15.5 Å². The number of ether oxygens (including phenoxy) is 2. The highest BCUT2D eigenvalue weighted by Gasteiger charge is 2.61. The molecule has 0 aromatic heterocycles. The summed E-state index contributed by atoms with van der Waals surface area (Å²) in [6.07, 6.45) is -4.94. The molecule has 3 aliphatic rings. The Hall–Kier alpha value is -3.30. The van der Waals surface area contributed by atoms with E-state index in [-0.39, 0.29) is 30.1 Å². The van der Waals surface area contributed by atoms with Crippen LogP contribution in [-0.2, 0) is 25.6 Å². The van der Waals surface area contributed by atoms with Crippen molar-refractivity contribution in [2.24, 2.45) is 0 Å². The average molecular weight is 676 g/mol. The van der Waals surface area contributed by atoms with Gasteiger partial charge in [-0.05, 0) is 51.3 Å². The van der Waals surface area contributed by atoms with Crippen LogP contribution in [0.15, 0.2) is 18.2 Å². The Morgan fingerprint density at radius 3 is 2.37 bits per heavy atom. The molecular formula is C30H41ClF3N5O7. The van der Waals surface area contributed by atoms with Crippen LogP contribution in [0, 0.1) is 5.82 Å². The summed E-state index contributed by atoms with van der Waals surface area (Å²) in [5.74, 6) is -5.91. The van der Waals surface area contributed by atoms with E-state index < -0.39 is 84.8 Å². The van der Waals surface area contributed by atoms with E-state index in [1.165, 1.54) is 12.1 Å². The standard InChI is InChI=1S/C30H41ClF3N5O7/c1-27(2,3)46-25(42)36-28(6-7-30(33,34)18-28)24(41)39(17-20-4-5-21(31)22(32)16-20)29(8-10-38(19-29)26(43)44)23(40)35-9-11-37-12-14-45-15-13-37/h4-5,16H,6-15,17-19H2,1-3H3,(H,35,40)(H,36,42)(H,43,44)/t28-,29?/m0/s1. The first-order valence-electron chi connectivity index (χ1n) is 15.2. The maximum absolute atomic E-state index is 14.9. The third-order valence-corrected chi connectivity index (χ3v) is 8.78. The van der Waals surface area contributed by atoms with Crippen molar-refractivity contribution in [2.45, 2.75) is 75.6 Å². The lowest BCUT2D eigenvalue weighted by Gasteiger charge is -2.44. The molecule has 1 aromatic rings. The Labute approximate surface area is 270 Å². The van der Waals surface area contributed by atoms with Crippen LogP contribution in [0.2, 0.25) is 5.02 Å². The molecular weight excluding hydrogens is 635 g/mol. The van der Waals surface area contributed by atoms with Gasteiger partial charge in [-0.3, -0.25) is 14.5 Å². The number of carbonyl (C=O) groups excluding carboxylic acids is 3. The third-order valence-electron chi connectivity index (χ3n) is 8.47. The van der Waals surface area contributed by atoms with Gasteiger partial charge in [-0.1, -0.05) is 17.7 Å². The van der Waals surface area contributed by atoms with Gasteiger partial charge >= 0.3 is 12.2 Å². The van der Waals surface area contributed by atoms with E-state index >= 15 is 0 Å². The fourth-order valence-electron chi connectivity index (χ4n) is 6.15. The number of benzene rings is 1. The van der Waals surface area contributed by atoms with E-state index in [9.17, 15) is 37.5 Å². The van der Waals surface area contributed by atoms with Crippen LogP contribution in [0.4, 0.5) is 22.8 Å². The molecule has 1 saturated carbocycles. The van der Waals surface area contributed by atoms with Crippen molar-refractivity contribution < 1.29 is 46.9 Å². The fourth-order valence-corrected chi connectivity index (χ4v) is 6.27. The van der Waals surface area contributed by atoms with Crippen LogP contribution in [-0.4, -0.2) is 119 Å². The second-order valence-electron chi connectivity index (χ2n) is 13.1. The highest BCUT2D eigenvalue weighted by atomic mass is 35.5. The van der Waals surface area contributed by atoms with E-state index in [1.54, 1.807) is 20.8 Å². The minimum absolute atomic E-state index is 0.143. The monoisotopic (exact) mass is 675 g/mol. The number of alkyl carbamates (subject to hydrolysis) is 1. The number of nitrogens with one attached hydrogen (secondary N) is 2. The number of nitrogens with zero attached hydrogens (tertiary/aromatic N) is 3. The van der Waals surface area contributed by atoms with Crippen molar-refractivity contribution in [2.75, 3.05) is 52.5 Å². The Balaban J connectivity index is 1.76. The third kappa shape index (κ3) is 8.34. The van der Waals surface area contributed by atoms with Crippen molar-refractivity contribution >= 4 is 35.6 Å². The molecule has 4 rings (SSSR count). The SMILES string of the molecule is CC(C)(C)OC(=O)N[C@@]1(C(=O)N(Cc2ccc(Cl)c(F)c2)C2(C(=O)NCCN3CCOCC3)CCN(C(=O)O)C2)CCC(F)(F)C1. The van der Waals surface area contributed by atoms with Gasteiger partial charge in [-0.2, -0.15) is 0 Å². The van der Waals surface area contributed by atoms with E-state index in [0.717, 1.165) is 15.9 Å². The maximum Gasteiger partial charge on any atom is 0.408 e. The maximum atomic E-state index is 14.9. The summed E-state index contributed by atoms with van der Waals surface area (Å²) >= 11 is 5.88. The van der Waals surface area contributed by atoms with E-state index in [4.69, 9.17) is 21.1 Å². The fraction of sp³-hybridized carbons (Fsp3) is 0.667. The van der Waals surface area contributed by atoms with Crippen molar-refractivity contribution in [1.82, 2.24) is 25.3 Å². The number of morpholine rings is 1. The Kier molecular flexibility index (Phi) is 10.7. The number of carboxylic acid groups (broad SMARTS) is 1. The number of amides is 4. The highest BCUT2D eigenvalue weighted by molar-refractivity contribution is 6.30. The molecule has 12 nitrogen and oxygen atoms in total. The van der Waals surface area contributed by atoms with Gasteiger partial charge in [-0.25, -0.2) is 22.8 Å². The molecule has 3 fully saturated rings. The minimum Gasteiger partial charge on any atom is -0.465 e.